The molecule has 0 aromatic heterocycles. The number of nitrogens with one attached hydrogen (secondary N) is 1. The van der Waals surface area contributed by atoms with Crippen molar-refractivity contribution in [1.82, 2.24) is 5.32 Å². The molecule has 1 N–H and O–H groups in total. The highest BCUT2D eigenvalue weighted by Crippen LogP contribution is 3.06. The van der Waals surface area contributed by atoms with Crippen molar-refractivity contribution in [3.8, 4) is 0 Å². The average molecular weight is 147 g/mol. The molecular formula is C10H13N. The second kappa shape index (κ2) is 0.834. The zero-order chi connectivity index (χ0) is 7.17. The van der Waals surface area contributed by atoms with Gasteiger partial charge in [0.2, 0.25) is 0 Å². The molecule has 0 atom stereocenters. The van der Waals surface area contributed by atoms with Crippen LogP contribution in [0.2, 0.25) is 0 Å². The van der Waals surface area contributed by atoms with E-state index in [9.17, 15) is 0 Å². The molecular weight excluding hydrogens is 134 g/mol. The molecule has 0 unspecified atom stereocenters. The lowest BCUT2D eigenvalue weighted by Gasteiger charge is -3.11. The Labute approximate surface area is 66.5 Å². The van der Waals surface area contributed by atoms with Gasteiger partial charge in [-0.15, -0.1) is 0 Å². The van der Waals surface area contributed by atoms with Crippen LogP contribution in [0.1, 0.15) is 6.92 Å². The zero-order valence-electron chi connectivity index (χ0n) is 6.96. The third-order valence-electron chi connectivity index (χ3n) is 6.56. The minimum Gasteiger partial charge on any atom is -0.313 e. The Kier molecular flexibility index (Phi) is 0.368. The standard InChI is InChI=1S/C10H13N/c1-9-3-6-4(9)8-5(9)7(3)10(6,8)11-2/h3-8,11H,1-2H3. The van der Waals surface area contributed by atoms with E-state index in [0.717, 1.165) is 28.7 Å². The molecule has 1 nitrogen and oxygen atoms in total. The van der Waals surface area contributed by atoms with Gasteiger partial charge in [0.15, 0.2) is 0 Å². The maximum Gasteiger partial charge on any atom is 0.0280 e. The Balaban J connectivity index is 1.76. The minimum atomic E-state index is 0.734. The molecule has 0 heterocycles. The molecule has 1 heteroatoms. The Hall–Kier alpha value is -0.0400. The van der Waals surface area contributed by atoms with Gasteiger partial charge in [0.1, 0.15) is 0 Å². The van der Waals surface area contributed by atoms with Crippen molar-refractivity contribution < 1.29 is 0 Å². The molecule has 11 heavy (non-hydrogen) atoms. The first-order valence-corrected chi connectivity index (χ1v) is 4.98. The van der Waals surface area contributed by atoms with E-state index >= 15 is 0 Å². The molecule has 0 radical (unpaired) electrons. The van der Waals surface area contributed by atoms with E-state index in [1.54, 1.807) is 0 Å². The smallest absolute Gasteiger partial charge is 0.0280 e. The van der Waals surface area contributed by atoms with Crippen LogP contribution >= 0.6 is 0 Å². The number of hydrogen-bond acceptors (Lipinski definition) is 1. The third-order valence-corrected chi connectivity index (χ3v) is 6.56. The fourth-order valence-corrected chi connectivity index (χ4v) is 6.57. The summed E-state index contributed by atoms with van der Waals surface area (Å²) in [6.07, 6.45) is 0. The van der Waals surface area contributed by atoms with E-state index in [1.165, 1.54) is 17.8 Å². The fraction of sp³-hybridized carbons (Fsp3) is 1.00. The van der Waals surface area contributed by atoms with Crippen LogP contribution in [0, 0.1) is 40.9 Å². The van der Waals surface area contributed by atoms with Gasteiger partial charge in [-0.05, 0) is 48.0 Å². The van der Waals surface area contributed by atoms with Crippen molar-refractivity contribution in [3.63, 3.8) is 0 Å². The summed E-state index contributed by atoms with van der Waals surface area (Å²) in [5.41, 5.74) is 1.64. The molecule has 6 saturated carbocycles. The van der Waals surface area contributed by atoms with Crippen LogP contribution in [-0.4, -0.2) is 12.6 Å². The lowest BCUT2D eigenvalue weighted by atomic mass is 8.94. The van der Waals surface area contributed by atoms with Gasteiger partial charge in [-0.1, -0.05) is 6.92 Å². The normalized spacial score (nSPS) is 95.5. The van der Waals surface area contributed by atoms with Gasteiger partial charge in [0.05, 0.1) is 0 Å². The van der Waals surface area contributed by atoms with Crippen LogP contribution < -0.4 is 5.32 Å². The summed E-state index contributed by atoms with van der Waals surface area (Å²) < 4.78 is 0. The molecule has 0 aliphatic heterocycles. The highest BCUT2D eigenvalue weighted by Gasteiger charge is 3.08. The first kappa shape index (κ1) is 4.86. The molecule has 0 aromatic rings. The highest BCUT2D eigenvalue weighted by atomic mass is 15.2. The Morgan fingerprint density at radius 3 is 1.73 bits per heavy atom. The zero-order valence-corrected chi connectivity index (χ0v) is 6.96. The van der Waals surface area contributed by atoms with E-state index in [2.05, 4.69) is 19.3 Å². The van der Waals surface area contributed by atoms with E-state index in [-0.39, 0.29) is 0 Å². The summed E-state index contributed by atoms with van der Waals surface area (Å²) in [7, 11) is 2.18. The summed E-state index contributed by atoms with van der Waals surface area (Å²) in [5.74, 6) is 7.02. The average Bonchev–Trinajstić information content (AvgIpc) is 2.06. The van der Waals surface area contributed by atoms with Gasteiger partial charge < -0.3 is 5.32 Å². The second-order valence-electron chi connectivity index (χ2n) is 5.70. The van der Waals surface area contributed by atoms with Gasteiger partial charge in [0, 0.05) is 5.54 Å². The molecule has 0 saturated heterocycles. The van der Waals surface area contributed by atoms with Gasteiger partial charge in [-0.3, -0.25) is 0 Å². The molecule has 0 spiro atoms. The fourth-order valence-electron chi connectivity index (χ4n) is 6.57. The predicted molar refractivity (Wildman–Crippen MR) is 40.8 cm³/mol. The monoisotopic (exact) mass is 147 g/mol. The summed E-state index contributed by atoms with van der Waals surface area (Å²) in [4.78, 5) is 0. The summed E-state index contributed by atoms with van der Waals surface area (Å²) >= 11 is 0. The maximum absolute atomic E-state index is 3.61. The van der Waals surface area contributed by atoms with Crippen molar-refractivity contribution in [2.24, 2.45) is 40.9 Å². The van der Waals surface area contributed by atoms with Crippen LogP contribution in [0.25, 0.3) is 0 Å². The molecule has 0 amide bonds. The van der Waals surface area contributed by atoms with Crippen molar-refractivity contribution in [3.05, 3.63) is 0 Å². The van der Waals surface area contributed by atoms with Gasteiger partial charge >= 0.3 is 0 Å². The van der Waals surface area contributed by atoms with Crippen molar-refractivity contribution in [2.75, 3.05) is 7.05 Å². The number of hydrogen-bond donors (Lipinski definition) is 1. The molecule has 0 aromatic carbocycles. The predicted octanol–water partition coefficient (Wildman–Crippen LogP) is 0.716. The number of rotatable bonds is 1. The Morgan fingerprint density at radius 1 is 0.909 bits per heavy atom. The largest absolute Gasteiger partial charge is 0.313 e. The third kappa shape index (κ3) is 0.159. The maximum atomic E-state index is 3.61. The molecule has 0 bridgehead atoms. The SMILES string of the molecule is CNC12C3C4C1C1C2C3C41C. The highest BCUT2D eigenvalue weighted by molar-refractivity contribution is 5.57. The first-order valence-electron chi connectivity index (χ1n) is 4.98. The van der Waals surface area contributed by atoms with Crippen molar-refractivity contribution >= 4 is 0 Å². The Morgan fingerprint density at radius 2 is 1.36 bits per heavy atom. The lowest BCUT2D eigenvalue weighted by Crippen LogP contribution is -3.14. The lowest BCUT2D eigenvalue weighted by molar-refractivity contribution is -0.621. The van der Waals surface area contributed by atoms with Gasteiger partial charge in [-0.2, -0.15) is 0 Å². The minimum absolute atomic E-state index is 0.734. The molecule has 58 valence electrons. The van der Waals surface area contributed by atoms with Crippen LogP contribution in [0.4, 0.5) is 0 Å². The quantitative estimate of drug-likeness (QED) is 0.576. The summed E-state index contributed by atoms with van der Waals surface area (Å²) in [6.45, 7) is 2.55. The second-order valence-corrected chi connectivity index (χ2v) is 5.70. The van der Waals surface area contributed by atoms with E-state index in [1.807, 2.05) is 0 Å². The van der Waals surface area contributed by atoms with Crippen LogP contribution in [-0.2, 0) is 0 Å². The van der Waals surface area contributed by atoms with Crippen molar-refractivity contribution in [2.45, 2.75) is 12.5 Å². The summed E-state index contributed by atoms with van der Waals surface area (Å²) in [6, 6.07) is 0. The first-order chi connectivity index (χ1) is 5.29. The molecule has 6 fully saturated rings. The van der Waals surface area contributed by atoms with E-state index in [0.29, 0.717) is 0 Å². The Bertz CT molecular complexity index is 252. The van der Waals surface area contributed by atoms with Crippen molar-refractivity contribution in [1.29, 1.82) is 0 Å². The van der Waals surface area contributed by atoms with Crippen LogP contribution in [0.3, 0.4) is 0 Å². The molecule has 6 aliphatic rings. The topological polar surface area (TPSA) is 12.0 Å². The van der Waals surface area contributed by atoms with Crippen LogP contribution in [0.5, 0.6) is 0 Å². The summed E-state index contributed by atoms with van der Waals surface area (Å²) in [5, 5.41) is 3.61. The molecule has 6 aliphatic carbocycles. The molecule has 6 rings (SSSR count). The van der Waals surface area contributed by atoms with Gasteiger partial charge in [-0.25, -0.2) is 0 Å². The van der Waals surface area contributed by atoms with E-state index < -0.39 is 0 Å². The van der Waals surface area contributed by atoms with Gasteiger partial charge in [0.25, 0.3) is 0 Å². The van der Waals surface area contributed by atoms with E-state index in [4.69, 9.17) is 0 Å². The van der Waals surface area contributed by atoms with Crippen LogP contribution in [0.15, 0.2) is 0 Å².